The van der Waals surface area contributed by atoms with E-state index in [1.165, 1.54) is 0 Å². The van der Waals surface area contributed by atoms with Crippen LogP contribution >= 0.6 is 0 Å². The molecule has 72 valence electrons. The van der Waals surface area contributed by atoms with Crippen LogP contribution < -0.4 is 11.5 Å². The predicted molar refractivity (Wildman–Crippen MR) is 57.7 cm³/mol. The Morgan fingerprint density at radius 2 is 1.93 bits per heavy atom. The van der Waals surface area contributed by atoms with Gasteiger partial charge in [-0.1, -0.05) is 24.3 Å². The van der Waals surface area contributed by atoms with Gasteiger partial charge in [-0.2, -0.15) is 0 Å². The van der Waals surface area contributed by atoms with Crippen LogP contribution in [0, 0.1) is 0 Å². The van der Waals surface area contributed by atoms with Crippen molar-refractivity contribution in [1.82, 2.24) is 4.98 Å². The molecule has 1 heterocycles. The summed E-state index contributed by atoms with van der Waals surface area (Å²) in [5.74, 6) is 0. The standard InChI is InChI=1S/C11H13N3/c12-7-9(13)11-6-5-8-3-1-2-4-10(8)14-11/h1-6,9H,7,12-13H2. The first-order chi connectivity index (χ1) is 6.81. The van der Waals surface area contributed by atoms with E-state index in [1.54, 1.807) is 0 Å². The van der Waals surface area contributed by atoms with Crippen molar-refractivity contribution in [2.45, 2.75) is 6.04 Å². The highest BCUT2D eigenvalue weighted by Crippen LogP contribution is 2.14. The van der Waals surface area contributed by atoms with Crippen LogP contribution in [0.4, 0.5) is 0 Å². The maximum absolute atomic E-state index is 5.80. The number of rotatable bonds is 2. The van der Waals surface area contributed by atoms with Gasteiger partial charge in [-0.15, -0.1) is 0 Å². The van der Waals surface area contributed by atoms with Crippen molar-refractivity contribution in [2.75, 3.05) is 6.54 Å². The summed E-state index contributed by atoms with van der Waals surface area (Å²) >= 11 is 0. The van der Waals surface area contributed by atoms with E-state index >= 15 is 0 Å². The molecule has 4 N–H and O–H groups in total. The zero-order valence-corrected chi connectivity index (χ0v) is 7.85. The fourth-order valence-corrected chi connectivity index (χ4v) is 1.41. The molecule has 2 aromatic rings. The lowest BCUT2D eigenvalue weighted by atomic mass is 10.1. The summed E-state index contributed by atoms with van der Waals surface area (Å²) in [7, 11) is 0. The van der Waals surface area contributed by atoms with Crippen LogP contribution in [0.15, 0.2) is 36.4 Å². The average molecular weight is 187 g/mol. The third kappa shape index (κ3) is 1.60. The van der Waals surface area contributed by atoms with Crippen molar-refractivity contribution in [2.24, 2.45) is 11.5 Å². The van der Waals surface area contributed by atoms with Gasteiger partial charge in [0.25, 0.3) is 0 Å². The van der Waals surface area contributed by atoms with Crippen molar-refractivity contribution in [3.05, 3.63) is 42.1 Å². The van der Waals surface area contributed by atoms with E-state index in [0.717, 1.165) is 16.6 Å². The zero-order valence-electron chi connectivity index (χ0n) is 7.85. The lowest BCUT2D eigenvalue weighted by molar-refractivity contribution is 0.715. The van der Waals surface area contributed by atoms with Gasteiger partial charge in [-0.25, -0.2) is 0 Å². The Hall–Kier alpha value is -1.45. The van der Waals surface area contributed by atoms with Crippen LogP contribution in [0.1, 0.15) is 11.7 Å². The van der Waals surface area contributed by atoms with Crippen molar-refractivity contribution < 1.29 is 0 Å². The van der Waals surface area contributed by atoms with E-state index in [-0.39, 0.29) is 6.04 Å². The number of hydrogen-bond acceptors (Lipinski definition) is 3. The van der Waals surface area contributed by atoms with Gasteiger partial charge in [0, 0.05) is 11.9 Å². The Bertz CT molecular complexity index is 439. The average Bonchev–Trinajstić information content (AvgIpc) is 2.27. The Kier molecular flexibility index (Phi) is 2.43. The van der Waals surface area contributed by atoms with Gasteiger partial charge in [0.1, 0.15) is 0 Å². The molecule has 0 aliphatic carbocycles. The molecule has 1 aromatic heterocycles. The Balaban J connectivity index is 2.51. The van der Waals surface area contributed by atoms with Gasteiger partial charge in [0.05, 0.1) is 17.3 Å². The molecule has 2 rings (SSSR count). The quantitative estimate of drug-likeness (QED) is 0.742. The minimum atomic E-state index is -0.167. The second-order valence-corrected chi connectivity index (χ2v) is 3.27. The topological polar surface area (TPSA) is 64.9 Å². The number of pyridine rings is 1. The van der Waals surface area contributed by atoms with Crippen molar-refractivity contribution >= 4 is 10.9 Å². The number of fused-ring (bicyclic) bond motifs is 1. The van der Waals surface area contributed by atoms with Gasteiger partial charge in [-0.3, -0.25) is 4.98 Å². The van der Waals surface area contributed by atoms with E-state index in [2.05, 4.69) is 4.98 Å². The van der Waals surface area contributed by atoms with E-state index in [4.69, 9.17) is 11.5 Å². The minimum Gasteiger partial charge on any atom is -0.329 e. The van der Waals surface area contributed by atoms with E-state index in [1.807, 2.05) is 36.4 Å². The zero-order chi connectivity index (χ0) is 9.97. The van der Waals surface area contributed by atoms with Crippen LogP contribution in [-0.4, -0.2) is 11.5 Å². The number of nitrogens with two attached hydrogens (primary N) is 2. The summed E-state index contributed by atoms with van der Waals surface area (Å²) in [5.41, 5.74) is 13.1. The minimum absolute atomic E-state index is 0.167. The largest absolute Gasteiger partial charge is 0.329 e. The van der Waals surface area contributed by atoms with Crippen molar-refractivity contribution in [1.29, 1.82) is 0 Å². The predicted octanol–water partition coefficient (Wildman–Crippen LogP) is 1.19. The van der Waals surface area contributed by atoms with Gasteiger partial charge in [-0.05, 0) is 12.1 Å². The fourth-order valence-electron chi connectivity index (χ4n) is 1.41. The highest BCUT2D eigenvalue weighted by Gasteiger charge is 2.05. The monoisotopic (exact) mass is 187 g/mol. The number of para-hydroxylation sites is 1. The molecule has 1 unspecified atom stereocenters. The van der Waals surface area contributed by atoms with Gasteiger partial charge in [0.2, 0.25) is 0 Å². The molecule has 3 heteroatoms. The number of hydrogen-bond donors (Lipinski definition) is 2. The molecule has 0 aliphatic rings. The second kappa shape index (κ2) is 3.74. The highest BCUT2D eigenvalue weighted by atomic mass is 14.8. The van der Waals surface area contributed by atoms with Crippen LogP contribution in [0.2, 0.25) is 0 Å². The molecule has 0 saturated carbocycles. The van der Waals surface area contributed by atoms with Crippen LogP contribution in [0.3, 0.4) is 0 Å². The third-order valence-electron chi connectivity index (χ3n) is 2.25. The molecule has 3 nitrogen and oxygen atoms in total. The molecule has 0 saturated heterocycles. The summed E-state index contributed by atoms with van der Waals surface area (Å²) in [6.45, 7) is 0.422. The maximum Gasteiger partial charge on any atom is 0.0706 e. The normalized spacial score (nSPS) is 13.0. The molecule has 0 amide bonds. The van der Waals surface area contributed by atoms with Crippen LogP contribution in [0.25, 0.3) is 10.9 Å². The van der Waals surface area contributed by atoms with Crippen molar-refractivity contribution in [3.63, 3.8) is 0 Å². The lowest BCUT2D eigenvalue weighted by Crippen LogP contribution is -2.21. The first kappa shape index (κ1) is 9.12. The first-order valence-electron chi connectivity index (χ1n) is 4.62. The van der Waals surface area contributed by atoms with E-state index in [0.29, 0.717) is 6.54 Å². The number of nitrogens with zero attached hydrogens (tertiary/aromatic N) is 1. The number of aromatic nitrogens is 1. The summed E-state index contributed by atoms with van der Waals surface area (Å²) in [6.07, 6.45) is 0. The fraction of sp³-hybridized carbons (Fsp3) is 0.182. The SMILES string of the molecule is NCC(N)c1ccc2ccccc2n1. The molecule has 1 atom stereocenters. The third-order valence-corrected chi connectivity index (χ3v) is 2.25. The molecular weight excluding hydrogens is 174 g/mol. The molecule has 0 spiro atoms. The molecule has 0 fully saturated rings. The highest BCUT2D eigenvalue weighted by molar-refractivity contribution is 5.78. The van der Waals surface area contributed by atoms with Crippen molar-refractivity contribution in [3.8, 4) is 0 Å². The van der Waals surface area contributed by atoms with E-state index in [9.17, 15) is 0 Å². The van der Waals surface area contributed by atoms with Gasteiger partial charge in [0.15, 0.2) is 0 Å². The Morgan fingerprint density at radius 1 is 1.14 bits per heavy atom. The van der Waals surface area contributed by atoms with Gasteiger partial charge < -0.3 is 11.5 Å². The molecule has 0 bridgehead atoms. The lowest BCUT2D eigenvalue weighted by Gasteiger charge is -2.08. The molecule has 1 aromatic carbocycles. The van der Waals surface area contributed by atoms with Gasteiger partial charge >= 0.3 is 0 Å². The number of benzene rings is 1. The molecule has 0 radical (unpaired) electrons. The van der Waals surface area contributed by atoms with Crippen LogP contribution in [-0.2, 0) is 0 Å². The Morgan fingerprint density at radius 3 is 2.71 bits per heavy atom. The summed E-state index contributed by atoms with van der Waals surface area (Å²) in [5, 5.41) is 1.13. The second-order valence-electron chi connectivity index (χ2n) is 3.27. The summed E-state index contributed by atoms with van der Waals surface area (Å²) in [4.78, 5) is 4.44. The molecule has 14 heavy (non-hydrogen) atoms. The Labute approximate surface area is 82.7 Å². The molecule has 0 aliphatic heterocycles. The van der Waals surface area contributed by atoms with E-state index < -0.39 is 0 Å². The maximum atomic E-state index is 5.80. The van der Waals surface area contributed by atoms with Crippen LogP contribution in [0.5, 0.6) is 0 Å². The summed E-state index contributed by atoms with van der Waals surface area (Å²) in [6, 6.07) is 11.7. The molecular formula is C11H13N3. The smallest absolute Gasteiger partial charge is 0.0706 e. The summed E-state index contributed by atoms with van der Waals surface area (Å²) < 4.78 is 0. The first-order valence-corrected chi connectivity index (χ1v) is 4.62.